The number of ether oxygens (including phenoxy) is 1. The van der Waals surface area contributed by atoms with Crippen LogP contribution in [0.1, 0.15) is 29.1 Å². The molecular weight excluding hydrogens is 323 g/mol. The van der Waals surface area contributed by atoms with E-state index >= 15 is 0 Å². The van der Waals surface area contributed by atoms with Crippen LogP contribution in [0.25, 0.3) is 10.9 Å². The Hall–Kier alpha value is -2.60. The minimum atomic E-state index is -0.322. The first-order valence-corrected chi connectivity index (χ1v) is 8.40. The molecule has 1 N–H and O–H groups in total. The fraction of sp³-hybridized carbons (Fsp3) is 0.316. The van der Waals surface area contributed by atoms with Crippen molar-refractivity contribution in [3.63, 3.8) is 0 Å². The molecule has 1 amide bonds. The van der Waals surface area contributed by atoms with Crippen molar-refractivity contribution in [2.75, 3.05) is 13.2 Å². The summed E-state index contributed by atoms with van der Waals surface area (Å²) in [5, 5.41) is 0.679. The van der Waals surface area contributed by atoms with Gasteiger partial charge in [-0.1, -0.05) is 0 Å². The van der Waals surface area contributed by atoms with E-state index in [2.05, 4.69) is 4.98 Å². The fourth-order valence-corrected chi connectivity index (χ4v) is 3.23. The average molecular weight is 342 g/mol. The number of nitrogens with one attached hydrogen (secondary N) is 1. The fourth-order valence-electron chi connectivity index (χ4n) is 3.23. The van der Waals surface area contributed by atoms with Crippen LogP contribution in [0.5, 0.6) is 0 Å². The SMILES string of the molecule is O=C(c1cc2cc(F)ccc2[nH]1)N(Cc1ccco1)C[C@@H]1CCCO1. The minimum absolute atomic E-state index is 0.0423. The molecule has 25 heavy (non-hydrogen) atoms. The molecule has 0 aliphatic carbocycles. The molecule has 2 aromatic heterocycles. The molecule has 3 heterocycles. The molecule has 3 aromatic rings. The number of amides is 1. The van der Waals surface area contributed by atoms with E-state index in [0.29, 0.717) is 29.9 Å². The van der Waals surface area contributed by atoms with E-state index in [1.165, 1.54) is 12.1 Å². The van der Waals surface area contributed by atoms with E-state index in [-0.39, 0.29) is 17.8 Å². The van der Waals surface area contributed by atoms with Gasteiger partial charge in [-0.3, -0.25) is 4.79 Å². The maximum absolute atomic E-state index is 13.4. The molecule has 0 spiro atoms. The summed E-state index contributed by atoms with van der Waals surface area (Å²) >= 11 is 0. The van der Waals surface area contributed by atoms with Crippen LogP contribution in [-0.2, 0) is 11.3 Å². The van der Waals surface area contributed by atoms with Gasteiger partial charge in [0.15, 0.2) is 0 Å². The second-order valence-electron chi connectivity index (χ2n) is 6.31. The van der Waals surface area contributed by atoms with Gasteiger partial charge in [-0.2, -0.15) is 0 Å². The van der Waals surface area contributed by atoms with Crippen molar-refractivity contribution < 1.29 is 18.3 Å². The molecule has 1 fully saturated rings. The summed E-state index contributed by atoms with van der Waals surface area (Å²) in [6.45, 7) is 1.61. The van der Waals surface area contributed by atoms with E-state index < -0.39 is 0 Å². The van der Waals surface area contributed by atoms with Crippen molar-refractivity contribution in [3.8, 4) is 0 Å². The number of carbonyl (C=O) groups excluding carboxylic acids is 1. The van der Waals surface area contributed by atoms with Crippen LogP contribution in [0.3, 0.4) is 0 Å². The number of fused-ring (bicyclic) bond motifs is 1. The number of rotatable bonds is 5. The normalized spacial score (nSPS) is 17.2. The Balaban J connectivity index is 1.60. The standard InChI is InChI=1S/C19H19FN2O3/c20-14-5-6-17-13(9-14)10-18(21-17)19(23)22(11-15-3-1-7-24-15)12-16-4-2-8-25-16/h1,3,5-7,9-10,16,21H,2,4,8,11-12H2/t16-/m0/s1. The topological polar surface area (TPSA) is 58.5 Å². The highest BCUT2D eigenvalue weighted by molar-refractivity contribution is 5.98. The average Bonchev–Trinajstić information content (AvgIpc) is 3.34. The quantitative estimate of drug-likeness (QED) is 0.769. The number of nitrogens with zero attached hydrogens (tertiary/aromatic N) is 1. The number of carbonyl (C=O) groups is 1. The maximum Gasteiger partial charge on any atom is 0.270 e. The van der Waals surface area contributed by atoms with Gasteiger partial charge in [0, 0.05) is 24.1 Å². The molecule has 130 valence electrons. The van der Waals surface area contributed by atoms with Crippen LogP contribution in [-0.4, -0.2) is 35.0 Å². The van der Waals surface area contributed by atoms with Crippen LogP contribution in [0.4, 0.5) is 4.39 Å². The van der Waals surface area contributed by atoms with E-state index in [1.807, 2.05) is 6.07 Å². The van der Waals surface area contributed by atoms with E-state index in [1.54, 1.807) is 29.4 Å². The second kappa shape index (κ2) is 6.72. The lowest BCUT2D eigenvalue weighted by atomic mass is 10.2. The molecule has 1 aromatic carbocycles. The number of aromatic amines is 1. The number of aromatic nitrogens is 1. The lowest BCUT2D eigenvalue weighted by molar-refractivity contribution is 0.0488. The summed E-state index contributed by atoms with van der Waals surface area (Å²) in [6.07, 6.45) is 3.59. The van der Waals surface area contributed by atoms with Crippen molar-refractivity contribution >= 4 is 16.8 Å². The van der Waals surface area contributed by atoms with Crippen molar-refractivity contribution in [2.45, 2.75) is 25.5 Å². The Morgan fingerprint density at radius 2 is 2.24 bits per heavy atom. The highest BCUT2D eigenvalue weighted by Crippen LogP contribution is 2.21. The van der Waals surface area contributed by atoms with Gasteiger partial charge in [-0.15, -0.1) is 0 Å². The molecular formula is C19H19FN2O3. The van der Waals surface area contributed by atoms with Crippen molar-refractivity contribution in [1.29, 1.82) is 0 Å². The first kappa shape index (κ1) is 15.9. The Kier molecular flexibility index (Phi) is 4.28. The number of benzene rings is 1. The van der Waals surface area contributed by atoms with Gasteiger partial charge >= 0.3 is 0 Å². The van der Waals surface area contributed by atoms with E-state index in [9.17, 15) is 9.18 Å². The van der Waals surface area contributed by atoms with Crippen LogP contribution < -0.4 is 0 Å². The highest BCUT2D eigenvalue weighted by atomic mass is 19.1. The molecule has 0 saturated carbocycles. The lowest BCUT2D eigenvalue weighted by Crippen LogP contribution is -2.37. The Labute approximate surface area is 144 Å². The van der Waals surface area contributed by atoms with Gasteiger partial charge in [0.05, 0.1) is 18.9 Å². The molecule has 6 heteroatoms. The number of furan rings is 1. The summed E-state index contributed by atoms with van der Waals surface area (Å²) in [7, 11) is 0. The predicted molar refractivity (Wildman–Crippen MR) is 90.7 cm³/mol. The Bertz CT molecular complexity index is 866. The lowest BCUT2D eigenvalue weighted by Gasteiger charge is -2.24. The summed E-state index contributed by atoms with van der Waals surface area (Å²) in [5.74, 6) is 0.245. The van der Waals surface area contributed by atoms with Gasteiger partial charge in [0.1, 0.15) is 17.3 Å². The second-order valence-corrected chi connectivity index (χ2v) is 6.31. The molecule has 0 bridgehead atoms. The molecule has 0 unspecified atom stereocenters. The third-order valence-corrected chi connectivity index (χ3v) is 4.48. The zero-order valence-corrected chi connectivity index (χ0v) is 13.7. The largest absolute Gasteiger partial charge is 0.467 e. The van der Waals surface area contributed by atoms with E-state index in [0.717, 1.165) is 25.0 Å². The first-order chi connectivity index (χ1) is 12.2. The van der Waals surface area contributed by atoms with E-state index in [4.69, 9.17) is 9.15 Å². The summed E-state index contributed by atoms with van der Waals surface area (Å²) in [6, 6.07) is 9.76. The van der Waals surface area contributed by atoms with Crippen LogP contribution in [0, 0.1) is 5.82 Å². The monoisotopic (exact) mass is 342 g/mol. The Morgan fingerprint density at radius 1 is 1.32 bits per heavy atom. The maximum atomic E-state index is 13.4. The van der Waals surface area contributed by atoms with Crippen molar-refractivity contribution in [3.05, 3.63) is 59.9 Å². The third-order valence-electron chi connectivity index (χ3n) is 4.48. The van der Waals surface area contributed by atoms with Crippen molar-refractivity contribution in [1.82, 2.24) is 9.88 Å². The zero-order valence-electron chi connectivity index (χ0n) is 13.7. The molecule has 5 nitrogen and oxygen atoms in total. The van der Waals surface area contributed by atoms with Gasteiger partial charge in [0.2, 0.25) is 0 Å². The zero-order chi connectivity index (χ0) is 17.2. The Morgan fingerprint density at radius 3 is 3.00 bits per heavy atom. The van der Waals surface area contributed by atoms with Gasteiger partial charge in [-0.25, -0.2) is 4.39 Å². The molecule has 1 atom stereocenters. The molecule has 1 aliphatic rings. The van der Waals surface area contributed by atoms with Gasteiger partial charge in [0.25, 0.3) is 5.91 Å². The molecule has 1 aliphatic heterocycles. The first-order valence-electron chi connectivity index (χ1n) is 8.40. The number of halogens is 1. The van der Waals surface area contributed by atoms with Crippen LogP contribution >= 0.6 is 0 Å². The predicted octanol–water partition coefficient (Wildman–Crippen LogP) is 3.72. The summed E-state index contributed by atoms with van der Waals surface area (Å²) < 4.78 is 24.5. The van der Waals surface area contributed by atoms with Crippen molar-refractivity contribution in [2.24, 2.45) is 0 Å². The molecule has 0 radical (unpaired) electrons. The van der Waals surface area contributed by atoms with Crippen LogP contribution in [0.15, 0.2) is 47.1 Å². The van der Waals surface area contributed by atoms with Gasteiger partial charge in [-0.05, 0) is 49.2 Å². The summed E-state index contributed by atoms with van der Waals surface area (Å²) in [4.78, 5) is 17.8. The smallest absolute Gasteiger partial charge is 0.270 e. The molecule has 4 rings (SSSR count). The number of hydrogen-bond donors (Lipinski definition) is 1. The summed E-state index contributed by atoms with van der Waals surface area (Å²) in [5.41, 5.74) is 1.17. The number of hydrogen-bond acceptors (Lipinski definition) is 3. The highest BCUT2D eigenvalue weighted by Gasteiger charge is 2.25. The van der Waals surface area contributed by atoms with Gasteiger partial charge < -0.3 is 19.0 Å². The molecule has 1 saturated heterocycles. The third kappa shape index (κ3) is 3.44. The number of H-pyrrole nitrogens is 1. The van der Waals surface area contributed by atoms with Crippen LogP contribution in [0.2, 0.25) is 0 Å². The minimum Gasteiger partial charge on any atom is -0.467 e.